The predicted molar refractivity (Wildman–Crippen MR) is 77.7 cm³/mol. The molecule has 0 spiro atoms. The number of hydrogen-bond acceptors (Lipinski definition) is 5. The van der Waals surface area contributed by atoms with E-state index in [1.165, 1.54) is 7.11 Å². The van der Waals surface area contributed by atoms with E-state index in [-0.39, 0.29) is 12.5 Å². The van der Waals surface area contributed by atoms with Crippen LogP contribution in [0.3, 0.4) is 0 Å². The molecule has 116 valence electrons. The number of carbonyl (C=O) groups excluding carboxylic acids is 2. The summed E-state index contributed by atoms with van der Waals surface area (Å²) in [5.74, 6) is -0.282. The third kappa shape index (κ3) is 6.24. The van der Waals surface area contributed by atoms with Gasteiger partial charge < -0.3 is 26.3 Å². The number of methoxy groups -OCH3 is 1. The second-order valence-electron chi connectivity index (χ2n) is 4.44. The van der Waals surface area contributed by atoms with Crippen LogP contribution in [-0.4, -0.2) is 44.7 Å². The number of benzene rings is 1. The van der Waals surface area contributed by atoms with Crippen LogP contribution in [0.1, 0.15) is 5.56 Å². The molecule has 2 amide bonds. The molecule has 5 N–H and O–H groups in total. The summed E-state index contributed by atoms with van der Waals surface area (Å²) in [4.78, 5) is 22.8. The Morgan fingerprint density at radius 1 is 1.29 bits per heavy atom. The molecule has 0 fully saturated rings. The Morgan fingerprint density at radius 3 is 2.48 bits per heavy atom. The normalized spacial score (nSPS) is 11.7. The maximum absolute atomic E-state index is 11.4. The molecule has 1 atom stereocenters. The van der Waals surface area contributed by atoms with Gasteiger partial charge in [0.1, 0.15) is 25.0 Å². The third-order valence-corrected chi connectivity index (χ3v) is 2.70. The zero-order valence-electron chi connectivity index (χ0n) is 12.0. The number of nitrogens with two attached hydrogens (primary N) is 2. The first kappa shape index (κ1) is 16.9. The van der Waals surface area contributed by atoms with E-state index in [9.17, 15) is 9.59 Å². The zero-order valence-corrected chi connectivity index (χ0v) is 12.0. The van der Waals surface area contributed by atoms with Gasteiger partial charge in [-0.2, -0.15) is 0 Å². The molecule has 7 heteroatoms. The van der Waals surface area contributed by atoms with E-state index < -0.39 is 11.9 Å². The van der Waals surface area contributed by atoms with Crippen molar-refractivity contribution in [1.82, 2.24) is 5.32 Å². The van der Waals surface area contributed by atoms with Crippen LogP contribution in [-0.2, 0) is 20.7 Å². The van der Waals surface area contributed by atoms with Gasteiger partial charge in [-0.3, -0.25) is 9.59 Å². The van der Waals surface area contributed by atoms with Crippen molar-refractivity contribution in [3.8, 4) is 5.75 Å². The van der Waals surface area contributed by atoms with Gasteiger partial charge in [-0.05, 0) is 17.7 Å². The number of ether oxygens (including phenoxy) is 2. The van der Waals surface area contributed by atoms with Gasteiger partial charge >= 0.3 is 0 Å². The Balaban J connectivity index is 2.62. The van der Waals surface area contributed by atoms with Crippen LogP contribution >= 0.6 is 0 Å². The summed E-state index contributed by atoms with van der Waals surface area (Å²) >= 11 is 0. The predicted octanol–water partition coefficient (Wildman–Crippen LogP) is -0.817. The fourth-order valence-corrected chi connectivity index (χ4v) is 1.72. The van der Waals surface area contributed by atoms with Gasteiger partial charge in [-0.1, -0.05) is 12.1 Å². The highest BCUT2D eigenvalue weighted by Gasteiger charge is 2.18. The minimum absolute atomic E-state index is 0.115. The van der Waals surface area contributed by atoms with Crippen molar-refractivity contribution in [1.29, 1.82) is 0 Å². The molecular formula is C14H21N3O4. The van der Waals surface area contributed by atoms with Crippen LogP contribution in [0, 0.1) is 0 Å². The van der Waals surface area contributed by atoms with Gasteiger partial charge in [0, 0.05) is 20.1 Å². The molecule has 0 aliphatic rings. The Hall–Kier alpha value is -2.12. The van der Waals surface area contributed by atoms with E-state index in [1.54, 1.807) is 12.1 Å². The molecule has 0 unspecified atom stereocenters. The van der Waals surface area contributed by atoms with Crippen molar-refractivity contribution in [3.63, 3.8) is 0 Å². The minimum Gasteiger partial charge on any atom is -0.492 e. The van der Waals surface area contributed by atoms with Crippen LogP contribution in [0.2, 0.25) is 0 Å². The van der Waals surface area contributed by atoms with Gasteiger partial charge in [0.25, 0.3) is 0 Å². The first-order chi connectivity index (χ1) is 10.1. The van der Waals surface area contributed by atoms with Gasteiger partial charge in [-0.25, -0.2) is 0 Å². The van der Waals surface area contributed by atoms with E-state index in [2.05, 4.69) is 5.32 Å². The smallest absolute Gasteiger partial charge is 0.246 e. The zero-order chi connectivity index (χ0) is 15.7. The molecule has 0 saturated carbocycles. The van der Waals surface area contributed by atoms with E-state index >= 15 is 0 Å². The topological polar surface area (TPSA) is 117 Å². The average molecular weight is 295 g/mol. The van der Waals surface area contributed by atoms with Gasteiger partial charge in [-0.15, -0.1) is 0 Å². The summed E-state index contributed by atoms with van der Waals surface area (Å²) in [7, 11) is 1.40. The molecule has 1 rings (SSSR count). The summed E-state index contributed by atoms with van der Waals surface area (Å²) < 4.78 is 10.1. The third-order valence-electron chi connectivity index (χ3n) is 2.70. The van der Waals surface area contributed by atoms with Crippen molar-refractivity contribution in [3.05, 3.63) is 29.8 Å². The summed E-state index contributed by atoms with van der Waals surface area (Å²) in [6.45, 7) is 0.767. The standard InChI is InChI=1S/C14H21N3O4/c1-20-9-13(18)17-12(14(16)19)8-10-2-4-11(5-3-10)21-7-6-15/h2-5,12H,6-9,15H2,1H3,(H2,16,19)(H,17,18)/t12-/m0/s1. The fourth-order valence-electron chi connectivity index (χ4n) is 1.72. The van der Waals surface area contributed by atoms with Crippen LogP contribution in [0.4, 0.5) is 0 Å². The molecule has 0 aromatic heterocycles. The second kappa shape index (κ2) is 8.93. The van der Waals surface area contributed by atoms with E-state index in [0.29, 0.717) is 25.3 Å². The van der Waals surface area contributed by atoms with Crippen molar-refractivity contribution in [2.75, 3.05) is 26.9 Å². The highest BCUT2D eigenvalue weighted by Crippen LogP contribution is 2.13. The first-order valence-electron chi connectivity index (χ1n) is 6.56. The number of nitrogens with one attached hydrogen (secondary N) is 1. The molecule has 21 heavy (non-hydrogen) atoms. The SMILES string of the molecule is COCC(=O)N[C@@H](Cc1ccc(OCCN)cc1)C(N)=O. The second-order valence-corrected chi connectivity index (χ2v) is 4.44. The Kier molecular flexibility index (Phi) is 7.20. The molecule has 0 bridgehead atoms. The highest BCUT2D eigenvalue weighted by molar-refractivity contribution is 5.87. The van der Waals surface area contributed by atoms with Crippen LogP contribution in [0.15, 0.2) is 24.3 Å². The molecule has 1 aromatic carbocycles. The van der Waals surface area contributed by atoms with E-state index in [0.717, 1.165) is 5.56 Å². The molecule has 0 radical (unpaired) electrons. The van der Waals surface area contributed by atoms with Gasteiger partial charge in [0.05, 0.1) is 0 Å². The lowest BCUT2D eigenvalue weighted by Gasteiger charge is -2.15. The fraction of sp³-hybridized carbons (Fsp3) is 0.429. The van der Waals surface area contributed by atoms with E-state index in [1.807, 2.05) is 12.1 Å². The maximum atomic E-state index is 11.4. The average Bonchev–Trinajstić information content (AvgIpc) is 2.46. The van der Waals surface area contributed by atoms with Gasteiger partial charge in [0.15, 0.2) is 0 Å². The summed E-state index contributed by atoms with van der Waals surface area (Å²) in [5.41, 5.74) is 11.5. The van der Waals surface area contributed by atoms with Crippen LogP contribution in [0.5, 0.6) is 5.75 Å². The number of carbonyl (C=O) groups is 2. The van der Waals surface area contributed by atoms with Crippen molar-refractivity contribution >= 4 is 11.8 Å². The Morgan fingerprint density at radius 2 is 1.95 bits per heavy atom. The monoisotopic (exact) mass is 295 g/mol. The Bertz CT molecular complexity index is 462. The van der Waals surface area contributed by atoms with Crippen LogP contribution in [0.25, 0.3) is 0 Å². The number of primary amides is 1. The summed E-state index contributed by atoms with van der Waals surface area (Å²) in [6, 6.07) is 6.40. The lowest BCUT2D eigenvalue weighted by atomic mass is 10.1. The lowest BCUT2D eigenvalue weighted by Crippen LogP contribution is -2.46. The molecule has 0 saturated heterocycles. The van der Waals surface area contributed by atoms with Gasteiger partial charge in [0.2, 0.25) is 11.8 Å². The van der Waals surface area contributed by atoms with Crippen molar-refractivity contribution < 1.29 is 19.1 Å². The molecule has 1 aromatic rings. The largest absolute Gasteiger partial charge is 0.492 e. The van der Waals surface area contributed by atoms with Crippen LogP contribution < -0.4 is 21.5 Å². The number of amides is 2. The minimum atomic E-state index is -0.775. The lowest BCUT2D eigenvalue weighted by molar-refractivity contribution is -0.129. The molecule has 0 aliphatic carbocycles. The summed E-state index contributed by atoms with van der Waals surface area (Å²) in [5, 5.41) is 2.53. The number of hydrogen-bond donors (Lipinski definition) is 3. The Labute approximate surface area is 123 Å². The first-order valence-corrected chi connectivity index (χ1v) is 6.56. The van der Waals surface area contributed by atoms with Crippen molar-refractivity contribution in [2.24, 2.45) is 11.5 Å². The molecule has 0 heterocycles. The van der Waals surface area contributed by atoms with E-state index in [4.69, 9.17) is 20.9 Å². The molecular weight excluding hydrogens is 274 g/mol. The maximum Gasteiger partial charge on any atom is 0.246 e. The summed E-state index contributed by atoms with van der Waals surface area (Å²) in [6.07, 6.45) is 0.307. The molecule has 7 nitrogen and oxygen atoms in total. The quantitative estimate of drug-likeness (QED) is 0.550. The molecule has 0 aliphatic heterocycles. The number of rotatable bonds is 9. The highest BCUT2D eigenvalue weighted by atomic mass is 16.5. The van der Waals surface area contributed by atoms with Crippen molar-refractivity contribution in [2.45, 2.75) is 12.5 Å².